The Morgan fingerprint density at radius 3 is 2.38 bits per heavy atom. The molecule has 6 nitrogen and oxygen atoms in total. The fourth-order valence-corrected chi connectivity index (χ4v) is 2.22. The lowest BCUT2D eigenvalue weighted by molar-refractivity contribution is 0.0600. The van der Waals surface area contributed by atoms with Gasteiger partial charge in [0.25, 0.3) is 0 Å². The first-order valence-electron chi connectivity index (χ1n) is 7.97. The van der Waals surface area contributed by atoms with Crippen molar-refractivity contribution in [2.24, 2.45) is 0 Å². The highest BCUT2D eigenvalue weighted by atomic mass is 35.5. The second-order valence-corrected chi connectivity index (χ2v) is 5.56. The van der Waals surface area contributed by atoms with Crippen LogP contribution in [-0.2, 0) is 11.3 Å². The molecule has 0 amide bonds. The van der Waals surface area contributed by atoms with Crippen LogP contribution < -0.4 is 10.6 Å². The normalized spacial score (nSPS) is 11.2. The van der Waals surface area contributed by atoms with Crippen molar-refractivity contribution in [3.63, 3.8) is 0 Å². The quantitative estimate of drug-likeness (QED) is 0.440. The number of nitrogens with one attached hydrogen (secondary N) is 2. The molecule has 0 fully saturated rings. The molecule has 0 saturated heterocycles. The molecule has 0 radical (unpaired) electrons. The maximum Gasteiger partial charge on any atom is 0.337 e. The lowest BCUT2D eigenvalue weighted by Gasteiger charge is -2.07. The molecule has 146 valence electrons. The van der Waals surface area contributed by atoms with E-state index in [1.54, 1.807) is 19.1 Å². The molecular weight excluding hydrogens is 379 g/mol. The van der Waals surface area contributed by atoms with E-state index in [0.717, 1.165) is 30.2 Å². The van der Waals surface area contributed by atoms with Crippen molar-refractivity contribution >= 4 is 30.8 Å². The summed E-state index contributed by atoms with van der Waals surface area (Å²) in [6.45, 7) is 4.55. The van der Waals surface area contributed by atoms with E-state index in [1.807, 2.05) is 24.3 Å². The molecule has 2 aromatic rings. The number of benzene rings is 1. The first-order chi connectivity index (χ1) is 11.6. The lowest BCUT2D eigenvalue weighted by atomic mass is 10.1. The molecule has 26 heavy (non-hydrogen) atoms. The SMILES string of the molecule is COC(=O)c1ccc(-c2ccc(CNCCNCC(C)O)o2)cc1.Cl.Cl. The topological polar surface area (TPSA) is 83.7 Å². The van der Waals surface area contributed by atoms with Gasteiger partial charge >= 0.3 is 5.97 Å². The standard InChI is InChI=1S/C18H24N2O4.2ClH/c1-13(21)11-19-9-10-20-12-16-7-8-17(24-16)14-3-5-15(6-4-14)18(22)23-2;;/h3-8,13,19-21H,9-12H2,1-2H3;2*1H. The molecule has 1 aromatic heterocycles. The molecule has 1 unspecified atom stereocenters. The van der Waals surface area contributed by atoms with E-state index in [1.165, 1.54) is 7.11 Å². The molecule has 0 saturated carbocycles. The number of hydrogen-bond acceptors (Lipinski definition) is 6. The van der Waals surface area contributed by atoms with Gasteiger partial charge in [-0.1, -0.05) is 12.1 Å². The number of rotatable bonds is 9. The Morgan fingerprint density at radius 1 is 1.12 bits per heavy atom. The molecular formula is C18H26Cl2N2O4. The molecule has 1 heterocycles. The number of furan rings is 1. The third-order valence-corrected chi connectivity index (χ3v) is 3.47. The zero-order valence-electron chi connectivity index (χ0n) is 14.9. The maximum atomic E-state index is 11.4. The van der Waals surface area contributed by atoms with Gasteiger partial charge in [-0.2, -0.15) is 0 Å². The van der Waals surface area contributed by atoms with Gasteiger partial charge in [0, 0.05) is 25.2 Å². The number of carbonyl (C=O) groups excluding carboxylic acids is 1. The Hall–Kier alpha value is -1.57. The van der Waals surface area contributed by atoms with E-state index in [0.29, 0.717) is 18.7 Å². The highest BCUT2D eigenvalue weighted by Gasteiger charge is 2.08. The van der Waals surface area contributed by atoms with Crippen LogP contribution in [0.5, 0.6) is 0 Å². The zero-order valence-corrected chi connectivity index (χ0v) is 16.5. The fourth-order valence-electron chi connectivity index (χ4n) is 2.22. The molecule has 1 atom stereocenters. The van der Waals surface area contributed by atoms with Crippen LogP contribution in [0.1, 0.15) is 23.0 Å². The summed E-state index contributed by atoms with van der Waals surface area (Å²) in [5.41, 5.74) is 1.42. The van der Waals surface area contributed by atoms with E-state index >= 15 is 0 Å². The first-order valence-corrected chi connectivity index (χ1v) is 7.97. The molecule has 0 spiro atoms. The summed E-state index contributed by atoms with van der Waals surface area (Å²) in [5, 5.41) is 15.5. The number of hydrogen-bond donors (Lipinski definition) is 3. The molecule has 3 N–H and O–H groups in total. The molecule has 1 aromatic carbocycles. The molecule has 0 bridgehead atoms. The number of esters is 1. The summed E-state index contributed by atoms with van der Waals surface area (Å²) in [4.78, 5) is 11.4. The molecule has 0 aliphatic carbocycles. The van der Waals surface area contributed by atoms with Gasteiger partial charge in [0.2, 0.25) is 0 Å². The molecule has 8 heteroatoms. The van der Waals surface area contributed by atoms with Gasteiger partial charge in [-0.25, -0.2) is 4.79 Å². The lowest BCUT2D eigenvalue weighted by Crippen LogP contribution is -2.31. The van der Waals surface area contributed by atoms with Crippen LogP contribution >= 0.6 is 24.8 Å². The number of aliphatic hydroxyl groups is 1. The van der Waals surface area contributed by atoms with Gasteiger partial charge in [-0.15, -0.1) is 24.8 Å². The van der Waals surface area contributed by atoms with E-state index in [2.05, 4.69) is 15.4 Å². The Balaban J connectivity index is 0.00000312. The highest BCUT2D eigenvalue weighted by Crippen LogP contribution is 2.22. The second kappa shape index (κ2) is 12.7. The van der Waals surface area contributed by atoms with Crippen molar-refractivity contribution in [3.8, 4) is 11.3 Å². The highest BCUT2D eigenvalue weighted by molar-refractivity contribution is 5.89. The van der Waals surface area contributed by atoms with E-state index < -0.39 is 0 Å². The maximum absolute atomic E-state index is 11.4. The van der Waals surface area contributed by atoms with Crippen LogP contribution in [0.15, 0.2) is 40.8 Å². The van der Waals surface area contributed by atoms with Gasteiger partial charge < -0.3 is 24.9 Å². The predicted molar refractivity (Wildman–Crippen MR) is 106 cm³/mol. The van der Waals surface area contributed by atoms with Crippen molar-refractivity contribution in [2.75, 3.05) is 26.7 Å². The zero-order chi connectivity index (χ0) is 17.4. The minimum absolute atomic E-state index is 0. The van der Waals surface area contributed by atoms with Gasteiger partial charge in [0.1, 0.15) is 11.5 Å². The van der Waals surface area contributed by atoms with E-state index in [-0.39, 0.29) is 36.9 Å². The second-order valence-electron chi connectivity index (χ2n) is 5.56. The van der Waals surface area contributed by atoms with Gasteiger partial charge in [0.15, 0.2) is 0 Å². The van der Waals surface area contributed by atoms with Crippen LogP contribution in [0.2, 0.25) is 0 Å². The molecule has 0 aliphatic heterocycles. The van der Waals surface area contributed by atoms with Crippen LogP contribution in [0.4, 0.5) is 0 Å². The Morgan fingerprint density at radius 2 is 1.77 bits per heavy atom. The first kappa shape index (κ1) is 24.4. The summed E-state index contributed by atoms with van der Waals surface area (Å²) in [6.07, 6.45) is -0.330. The Bertz CT molecular complexity index is 645. The average molecular weight is 405 g/mol. The minimum Gasteiger partial charge on any atom is -0.465 e. The predicted octanol–water partition coefficient (Wildman–Crippen LogP) is 2.64. The summed E-state index contributed by atoms with van der Waals surface area (Å²) in [7, 11) is 1.36. The number of halogens is 2. The minimum atomic E-state index is -0.352. The Labute approximate surface area is 166 Å². The Kier molecular flexibility index (Phi) is 12.0. The van der Waals surface area contributed by atoms with Crippen molar-refractivity contribution < 1.29 is 19.1 Å². The largest absolute Gasteiger partial charge is 0.465 e. The monoisotopic (exact) mass is 404 g/mol. The van der Waals surface area contributed by atoms with Crippen LogP contribution in [0.25, 0.3) is 11.3 Å². The number of carbonyl (C=O) groups is 1. The van der Waals surface area contributed by atoms with Crippen molar-refractivity contribution in [1.29, 1.82) is 0 Å². The third-order valence-electron chi connectivity index (χ3n) is 3.47. The average Bonchev–Trinajstić information content (AvgIpc) is 3.06. The summed E-state index contributed by atoms with van der Waals surface area (Å²) in [6, 6.07) is 10.9. The van der Waals surface area contributed by atoms with Gasteiger partial charge in [-0.3, -0.25) is 0 Å². The van der Waals surface area contributed by atoms with Gasteiger partial charge in [-0.05, 0) is 31.2 Å². The van der Waals surface area contributed by atoms with Crippen molar-refractivity contribution in [1.82, 2.24) is 10.6 Å². The molecule has 0 aliphatic rings. The summed E-state index contributed by atoms with van der Waals surface area (Å²) < 4.78 is 10.5. The number of methoxy groups -OCH3 is 1. The number of ether oxygens (including phenoxy) is 1. The van der Waals surface area contributed by atoms with E-state index in [4.69, 9.17) is 9.52 Å². The van der Waals surface area contributed by atoms with Crippen LogP contribution in [0.3, 0.4) is 0 Å². The van der Waals surface area contributed by atoms with E-state index in [9.17, 15) is 4.79 Å². The van der Waals surface area contributed by atoms with Crippen LogP contribution in [0, 0.1) is 0 Å². The fraction of sp³-hybridized carbons (Fsp3) is 0.389. The smallest absolute Gasteiger partial charge is 0.337 e. The van der Waals surface area contributed by atoms with Crippen LogP contribution in [-0.4, -0.2) is 43.9 Å². The summed E-state index contributed by atoms with van der Waals surface area (Å²) >= 11 is 0. The third kappa shape index (κ3) is 7.76. The molecule has 2 rings (SSSR count). The van der Waals surface area contributed by atoms with Crippen molar-refractivity contribution in [2.45, 2.75) is 19.6 Å². The van der Waals surface area contributed by atoms with Crippen molar-refractivity contribution in [3.05, 3.63) is 47.7 Å². The summed E-state index contributed by atoms with van der Waals surface area (Å²) in [5.74, 6) is 1.25. The number of aliphatic hydroxyl groups excluding tert-OH is 1. The van der Waals surface area contributed by atoms with Gasteiger partial charge in [0.05, 0.1) is 25.3 Å².